The molecule has 3 rings (SSSR count). The lowest BCUT2D eigenvalue weighted by atomic mass is 9.97. The number of carbonyl (C=O) groups is 5. The van der Waals surface area contributed by atoms with Crippen molar-refractivity contribution in [1.29, 1.82) is 5.41 Å². The lowest BCUT2D eigenvalue weighted by molar-refractivity contribution is -0.671. The van der Waals surface area contributed by atoms with Crippen LogP contribution < -0.4 is 10.1 Å². The molecular formula is C25H28N6O13S. The fraction of sp³-hybridized carbons (Fsp3) is 0.440. The van der Waals surface area contributed by atoms with Gasteiger partial charge in [0.1, 0.15) is 12.7 Å². The van der Waals surface area contributed by atoms with Gasteiger partial charge < -0.3 is 41.7 Å². The molecule has 2 aromatic rings. The zero-order chi connectivity index (χ0) is 33.6. The summed E-state index contributed by atoms with van der Waals surface area (Å²) >= 11 is 5.07. The minimum absolute atomic E-state index is 0.0681. The van der Waals surface area contributed by atoms with E-state index in [2.05, 4.69) is 10.7 Å². The van der Waals surface area contributed by atoms with Crippen LogP contribution in [0.3, 0.4) is 0 Å². The SMILES string of the molecule is CC(=O)OC[C@H]1O[C@@H](N(Nc2on[n+](-c3ccc(C)c([N+](=O)[O-])c3)c2C=O)C(=N)[S-])[C@H](OC(C)=O)[C@@H](OC(C)=O)[C@H]1OC(C)=O. The molecule has 5 atom stereocenters. The second-order valence-electron chi connectivity index (χ2n) is 9.42. The van der Waals surface area contributed by atoms with Crippen LogP contribution in [0.15, 0.2) is 22.7 Å². The number of nitrogens with one attached hydrogen (secondary N) is 2. The molecule has 2 N–H and O–H groups in total. The smallest absolute Gasteiger partial charge is 0.345 e. The maximum absolute atomic E-state index is 12.2. The van der Waals surface area contributed by atoms with Crippen LogP contribution in [0.2, 0.25) is 0 Å². The highest BCUT2D eigenvalue weighted by Crippen LogP contribution is 2.32. The zero-order valence-corrected chi connectivity index (χ0v) is 25.2. The molecular weight excluding hydrogens is 624 g/mol. The van der Waals surface area contributed by atoms with Crippen molar-refractivity contribution in [3.63, 3.8) is 0 Å². The van der Waals surface area contributed by atoms with Crippen LogP contribution in [0.1, 0.15) is 43.7 Å². The van der Waals surface area contributed by atoms with Gasteiger partial charge in [-0.3, -0.25) is 49.0 Å². The van der Waals surface area contributed by atoms with Gasteiger partial charge in [0.15, 0.2) is 24.5 Å². The van der Waals surface area contributed by atoms with Crippen molar-refractivity contribution >= 4 is 59.5 Å². The fourth-order valence-corrected chi connectivity index (χ4v) is 4.46. The van der Waals surface area contributed by atoms with E-state index in [1.807, 2.05) is 0 Å². The molecule has 1 aliphatic heterocycles. The average molecular weight is 653 g/mol. The Bertz CT molecular complexity index is 1510. The number of ether oxygens (including phenoxy) is 5. The highest BCUT2D eigenvalue weighted by molar-refractivity contribution is 7.77. The molecule has 0 saturated carbocycles. The van der Waals surface area contributed by atoms with Gasteiger partial charge in [0.05, 0.1) is 11.0 Å². The normalized spacial score (nSPS) is 20.7. The number of aromatic nitrogens is 2. The number of aldehydes is 1. The number of carbonyl (C=O) groups excluding carboxylic acids is 5. The van der Waals surface area contributed by atoms with E-state index in [1.54, 1.807) is 0 Å². The molecule has 0 bridgehead atoms. The first-order valence-corrected chi connectivity index (χ1v) is 13.3. The molecule has 1 aliphatic rings. The Morgan fingerprint density at radius 3 is 2.22 bits per heavy atom. The van der Waals surface area contributed by atoms with Gasteiger partial charge in [0.25, 0.3) is 5.69 Å². The Morgan fingerprint density at radius 1 is 1.09 bits per heavy atom. The van der Waals surface area contributed by atoms with Gasteiger partial charge in [-0.05, 0) is 22.8 Å². The molecule has 0 aliphatic carbocycles. The fourth-order valence-electron chi connectivity index (χ4n) is 4.31. The van der Waals surface area contributed by atoms with Crippen molar-refractivity contribution in [3.8, 4) is 5.69 Å². The third kappa shape index (κ3) is 8.23. The number of amidine groups is 1. The number of nitro groups is 1. The third-order valence-electron chi connectivity index (χ3n) is 6.08. The summed E-state index contributed by atoms with van der Waals surface area (Å²) in [6.07, 6.45) is -7.50. The Hall–Kier alpha value is -5.24. The van der Waals surface area contributed by atoms with E-state index >= 15 is 0 Å². The number of hydrazine groups is 1. The average Bonchev–Trinajstić information content (AvgIpc) is 3.34. The predicted molar refractivity (Wildman–Crippen MR) is 147 cm³/mol. The van der Waals surface area contributed by atoms with E-state index < -0.39 is 77.1 Å². The van der Waals surface area contributed by atoms with Crippen LogP contribution in [-0.2, 0) is 55.5 Å². The molecule has 0 radical (unpaired) electrons. The third-order valence-corrected chi connectivity index (χ3v) is 6.28. The topological polar surface area (TPSA) is 244 Å². The summed E-state index contributed by atoms with van der Waals surface area (Å²) < 4.78 is 33.3. The van der Waals surface area contributed by atoms with Crippen LogP contribution >= 0.6 is 0 Å². The van der Waals surface area contributed by atoms with Crippen molar-refractivity contribution in [2.24, 2.45) is 0 Å². The molecule has 0 amide bonds. The van der Waals surface area contributed by atoms with E-state index in [9.17, 15) is 34.1 Å². The molecule has 2 heterocycles. The van der Waals surface area contributed by atoms with Crippen molar-refractivity contribution < 1.29 is 61.8 Å². The summed E-state index contributed by atoms with van der Waals surface area (Å²) in [5, 5.41) is 23.5. The Kier molecular flexibility index (Phi) is 11.0. The minimum Gasteiger partial charge on any atom is -0.741 e. The largest absolute Gasteiger partial charge is 0.741 e. The first-order valence-electron chi connectivity index (χ1n) is 12.9. The molecule has 0 spiro atoms. The van der Waals surface area contributed by atoms with Gasteiger partial charge >= 0.3 is 35.5 Å². The Morgan fingerprint density at radius 2 is 1.69 bits per heavy atom. The van der Waals surface area contributed by atoms with Gasteiger partial charge in [0.2, 0.25) is 17.2 Å². The van der Waals surface area contributed by atoms with E-state index in [1.165, 1.54) is 19.1 Å². The summed E-state index contributed by atoms with van der Waals surface area (Å²) in [4.78, 5) is 70.9. The molecule has 1 fully saturated rings. The lowest BCUT2D eigenvalue weighted by Gasteiger charge is -2.48. The maximum Gasteiger partial charge on any atom is 0.345 e. The van der Waals surface area contributed by atoms with E-state index in [-0.39, 0.29) is 17.1 Å². The molecule has 242 valence electrons. The number of nitrogens with zero attached hydrogens (tertiary/aromatic N) is 4. The Balaban J connectivity index is 2.12. The molecule has 0 unspecified atom stereocenters. The number of anilines is 1. The second kappa shape index (κ2) is 14.5. The minimum atomic E-state index is -1.69. The first-order chi connectivity index (χ1) is 21.1. The number of benzene rings is 1. The van der Waals surface area contributed by atoms with Crippen molar-refractivity contribution in [1.82, 2.24) is 10.3 Å². The highest BCUT2D eigenvalue weighted by atomic mass is 32.1. The standard InChI is InChI=1S/C25H28N6O13S/c1-11-6-7-16(8-17(11)31(37)38)29-18(9-32)23(44-28-29)27-30(25(26)45)24-22(42-15(5)36)21(41-14(4)35)20(40-13(3)34)19(43-24)10-39-12(2)33/h6-9,19-22,24H,10H2,1-5H3,(H2-,26,27,28,32,45)/t19-,20+,21+,22-,24-/m1/s1. The van der Waals surface area contributed by atoms with Gasteiger partial charge in [-0.1, -0.05) is 0 Å². The van der Waals surface area contributed by atoms with Gasteiger partial charge in [-0.15, -0.1) is 0 Å². The van der Waals surface area contributed by atoms with Crippen molar-refractivity contribution in [2.75, 3.05) is 12.0 Å². The summed E-state index contributed by atoms with van der Waals surface area (Å²) in [6.45, 7) is 5.17. The van der Waals surface area contributed by atoms with Crippen LogP contribution in [0.4, 0.5) is 11.6 Å². The van der Waals surface area contributed by atoms with Crippen LogP contribution in [-0.4, -0.2) is 87.8 Å². The molecule has 1 aromatic carbocycles. The van der Waals surface area contributed by atoms with E-state index in [4.69, 9.17) is 46.2 Å². The van der Waals surface area contributed by atoms with Gasteiger partial charge in [-0.25, -0.2) is 0 Å². The quantitative estimate of drug-likeness (QED) is 0.0378. The monoisotopic (exact) mass is 652 g/mol. The number of aryl methyl sites for hydroxylation is 1. The maximum atomic E-state index is 12.2. The van der Waals surface area contributed by atoms with Crippen molar-refractivity contribution in [2.45, 2.75) is 65.3 Å². The molecule has 45 heavy (non-hydrogen) atoms. The lowest BCUT2D eigenvalue weighted by Crippen LogP contribution is -2.67. The van der Waals surface area contributed by atoms with E-state index in [0.717, 1.165) is 43.5 Å². The van der Waals surface area contributed by atoms with Gasteiger partial charge in [0, 0.05) is 39.3 Å². The Labute approximate surface area is 259 Å². The molecule has 1 saturated heterocycles. The van der Waals surface area contributed by atoms with Crippen molar-refractivity contribution in [3.05, 3.63) is 39.6 Å². The summed E-state index contributed by atoms with van der Waals surface area (Å²) in [7, 11) is 0. The number of rotatable bonds is 11. The predicted octanol–water partition coefficient (Wildman–Crippen LogP) is 0.174. The van der Waals surface area contributed by atoms with Gasteiger partial charge in [-0.2, -0.15) is 0 Å². The van der Waals surface area contributed by atoms with Crippen LogP contribution in [0.5, 0.6) is 0 Å². The van der Waals surface area contributed by atoms with E-state index in [0.29, 0.717) is 11.8 Å². The molecule has 19 nitrogen and oxygen atoms in total. The summed E-state index contributed by atoms with van der Waals surface area (Å²) in [6, 6.07) is 4.02. The molecule has 20 heteroatoms. The zero-order valence-electron chi connectivity index (χ0n) is 24.4. The number of nitro benzene ring substituents is 1. The summed E-state index contributed by atoms with van der Waals surface area (Å²) in [5.41, 5.74) is 2.35. The first kappa shape index (κ1) is 34.3. The number of esters is 4. The number of hydrogen-bond donors (Lipinski definition) is 2. The molecule has 1 aromatic heterocycles. The van der Waals surface area contributed by atoms with Crippen LogP contribution in [0.25, 0.3) is 5.69 Å². The second-order valence-corrected chi connectivity index (χ2v) is 9.81. The highest BCUT2D eigenvalue weighted by Gasteiger charge is 2.54. The van der Waals surface area contributed by atoms with Crippen LogP contribution in [0, 0.1) is 22.4 Å². The number of hydrogen-bond acceptors (Lipinski definition) is 17. The summed E-state index contributed by atoms with van der Waals surface area (Å²) in [5.74, 6) is -3.84.